The van der Waals surface area contributed by atoms with Gasteiger partial charge in [-0.1, -0.05) is 26.0 Å². The number of carbonyl (C=O) groups excluding carboxylic acids is 1. The van der Waals surface area contributed by atoms with E-state index in [0.717, 1.165) is 0 Å². The molecular weight excluding hydrogens is 206 g/mol. The van der Waals surface area contributed by atoms with Crippen molar-refractivity contribution < 1.29 is 15.0 Å². The van der Waals surface area contributed by atoms with Crippen molar-refractivity contribution in [3.8, 4) is 5.75 Å². The molecule has 3 N–H and O–H groups in total. The first kappa shape index (κ1) is 12.5. The average Bonchev–Trinajstić information content (AvgIpc) is 2.25. The Morgan fingerprint density at radius 2 is 2.00 bits per heavy atom. The molecule has 0 aromatic heterocycles. The van der Waals surface area contributed by atoms with Crippen LogP contribution in [-0.4, -0.2) is 28.8 Å². The first-order valence-corrected chi connectivity index (χ1v) is 5.26. The van der Waals surface area contributed by atoms with Gasteiger partial charge in [-0.3, -0.25) is 4.79 Å². The molecule has 4 nitrogen and oxygen atoms in total. The summed E-state index contributed by atoms with van der Waals surface area (Å²) >= 11 is 0. The van der Waals surface area contributed by atoms with Crippen molar-refractivity contribution in [3.05, 3.63) is 29.8 Å². The van der Waals surface area contributed by atoms with Crippen LogP contribution in [0, 0.1) is 5.92 Å². The highest BCUT2D eigenvalue weighted by atomic mass is 16.3. The minimum atomic E-state index is -0.370. The molecular formula is C12H17NO3. The van der Waals surface area contributed by atoms with Crippen LogP contribution >= 0.6 is 0 Å². The maximum absolute atomic E-state index is 11.8. The fourth-order valence-electron chi connectivity index (χ4n) is 1.33. The zero-order chi connectivity index (χ0) is 12.1. The van der Waals surface area contributed by atoms with Crippen molar-refractivity contribution in [2.75, 3.05) is 6.61 Å². The van der Waals surface area contributed by atoms with Crippen LogP contribution in [-0.2, 0) is 0 Å². The second-order valence-corrected chi connectivity index (χ2v) is 4.02. The normalized spacial score (nSPS) is 12.5. The highest BCUT2D eigenvalue weighted by molar-refractivity contribution is 5.96. The first-order valence-electron chi connectivity index (χ1n) is 5.26. The van der Waals surface area contributed by atoms with Gasteiger partial charge in [0.25, 0.3) is 5.91 Å². The number of aromatic hydroxyl groups is 1. The van der Waals surface area contributed by atoms with Crippen molar-refractivity contribution in [1.29, 1.82) is 0 Å². The Labute approximate surface area is 94.9 Å². The van der Waals surface area contributed by atoms with Gasteiger partial charge in [-0.25, -0.2) is 0 Å². The standard InChI is InChI=1S/C12H17NO3/c1-8(2)10(7-14)13-12(16)9-5-3-4-6-11(9)15/h3-6,8,10,14-15H,7H2,1-2H3,(H,13,16). The summed E-state index contributed by atoms with van der Waals surface area (Å²) in [6.45, 7) is 3.70. The van der Waals surface area contributed by atoms with E-state index < -0.39 is 0 Å². The van der Waals surface area contributed by atoms with Crippen LogP contribution in [0.3, 0.4) is 0 Å². The Morgan fingerprint density at radius 3 is 2.50 bits per heavy atom. The maximum Gasteiger partial charge on any atom is 0.255 e. The average molecular weight is 223 g/mol. The fourth-order valence-corrected chi connectivity index (χ4v) is 1.33. The van der Waals surface area contributed by atoms with Crippen LogP contribution in [0.15, 0.2) is 24.3 Å². The molecule has 4 heteroatoms. The molecule has 0 aliphatic heterocycles. The summed E-state index contributed by atoms with van der Waals surface area (Å²) in [5.74, 6) is -0.286. The van der Waals surface area contributed by atoms with E-state index in [0.29, 0.717) is 0 Å². The summed E-state index contributed by atoms with van der Waals surface area (Å²) in [4.78, 5) is 11.8. The molecule has 1 rings (SSSR count). The van der Waals surface area contributed by atoms with Crippen LogP contribution in [0.4, 0.5) is 0 Å². The topological polar surface area (TPSA) is 69.6 Å². The van der Waals surface area contributed by atoms with Crippen LogP contribution in [0.25, 0.3) is 0 Å². The van der Waals surface area contributed by atoms with Crippen molar-refractivity contribution in [2.45, 2.75) is 19.9 Å². The summed E-state index contributed by atoms with van der Waals surface area (Å²) in [6.07, 6.45) is 0. The van der Waals surface area contributed by atoms with Crippen molar-refractivity contribution >= 4 is 5.91 Å². The van der Waals surface area contributed by atoms with Crippen molar-refractivity contribution in [3.63, 3.8) is 0 Å². The third-order valence-corrected chi connectivity index (χ3v) is 2.47. The van der Waals surface area contributed by atoms with Gasteiger partial charge < -0.3 is 15.5 Å². The van der Waals surface area contributed by atoms with E-state index in [1.165, 1.54) is 6.07 Å². The van der Waals surface area contributed by atoms with Gasteiger partial charge in [-0.05, 0) is 18.1 Å². The summed E-state index contributed by atoms with van der Waals surface area (Å²) in [5, 5.41) is 21.2. The molecule has 0 bridgehead atoms. The zero-order valence-electron chi connectivity index (χ0n) is 9.47. The Bertz CT molecular complexity index is 363. The minimum Gasteiger partial charge on any atom is -0.507 e. The molecule has 0 radical (unpaired) electrons. The van der Waals surface area contributed by atoms with Crippen molar-refractivity contribution in [1.82, 2.24) is 5.32 Å². The van der Waals surface area contributed by atoms with Gasteiger partial charge in [0.1, 0.15) is 5.75 Å². The van der Waals surface area contributed by atoms with Gasteiger partial charge in [-0.2, -0.15) is 0 Å². The number of hydrogen-bond acceptors (Lipinski definition) is 3. The van der Waals surface area contributed by atoms with Crippen molar-refractivity contribution in [2.24, 2.45) is 5.92 Å². The maximum atomic E-state index is 11.8. The second kappa shape index (κ2) is 5.51. The van der Waals surface area contributed by atoms with Gasteiger partial charge >= 0.3 is 0 Å². The lowest BCUT2D eigenvalue weighted by Gasteiger charge is -2.20. The molecule has 1 atom stereocenters. The van der Waals surface area contributed by atoms with Crippen LogP contribution in [0.5, 0.6) is 5.75 Å². The molecule has 0 spiro atoms. The monoisotopic (exact) mass is 223 g/mol. The largest absolute Gasteiger partial charge is 0.507 e. The van der Waals surface area contributed by atoms with Gasteiger partial charge in [-0.15, -0.1) is 0 Å². The third kappa shape index (κ3) is 2.97. The Morgan fingerprint density at radius 1 is 1.38 bits per heavy atom. The predicted octanol–water partition coefficient (Wildman–Crippen LogP) is 1.14. The summed E-state index contributed by atoms with van der Waals surface area (Å²) in [6, 6.07) is 6.03. The number of nitrogens with one attached hydrogen (secondary N) is 1. The molecule has 1 unspecified atom stereocenters. The lowest BCUT2D eigenvalue weighted by molar-refractivity contribution is 0.0894. The molecule has 0 heterocycles. The molecule has 1 amide bonds. The van der Waals surface area contributed by atoms with E-state index in [4.69, 9.17) is 5.11 Å². The highest BCUT2D eigenvalue weighted by Crippen LogP contribution is 2.15. The Kier molecular flexibility index (Phi) is 4.31. The molecule has 0 saturated heterocycles. The third-order valence-electron chi connectivity index (χ3n) is 2.47. The van der Waals surface area contributed by atoms with E-state index in [-0.39, 0.29) is 35.8 Å². The number of benzene rings is 1. The molecule has 0 saturated carbocycles. The molecule has 1 aromatic carbocycles. The number of phenols is 1. The van der Waals surface area contributed by atoms with E-state index in [9.17, 15) is 9.90 Å². The quantitative estimate of drug-likeness (QED) is 0.717. The number of aliphatic hydroxyl groups excluding tert-OH is 1. The number of amides is 1. The number of phenolic OH excluding ortho intramolecular Hbond substituents is 1. The highest BCUT2D eigenvalue weighted by Gasteiger charge is 2.17. The molecule has 16 heavy (non-hydrogen) atoms. The number of rotatable bonds is 4. The van der Waals surface area contributed by atoms with E-state index in [1.807, 2.05) is 13.8 Å². The Hall–Kier alpha value is -1.55. The van der Waals surface area contributed by atoms with E-state index >= 15 is 0 Å². The Balaban J connectivity index is 2.76. The van der Waals surface area contributed by atoms with Gasteiger partial charge in [0.15, 0.2) is 0 Å². The summed E-state index contributed by atoms with van der Waals surface area (Å²) in [5.41, 5.74) is 0.224. The molecule has 1 aromatic rings. The minimum absolute atomic E-state index is 0.0551. The second-order valence-electron chi connectivity index (χ2n) is 4.02. The van der Waals surface area contributed by atoms with Gasteiger partial charge in [0, 0.05) is 0 Å². The predicted molar refractivity (Wildman–Crippen MR) is 61.3 cm³/mol. The number of aliphatic hydroxyl groups is 1. The summed E-state index contributed by atoms with van der Waals surface area (Å²) in [7, 11) is 0. The SMILES string of the molecule is CC(C)C(CO)NC(=O)c1ccccc1O. The van der Waals surface area contributed by atoms with Crippen LogP contribution in [0.1, 0.15) is 24.2 Å². The smallest absolute Gasteiger partial charge is 0.255 e. The first-order chi connectivity index (χ1) is 7.56. The number of para-hydroxylation sites is 1. The van der Waals surface area contributed by atoms with Crippen LogP contribution in [0.2, 0.25) is 0 Å². The zero-order valence-corrected chi connectivity index (χ0v) is 9.47. The number of carbonyl (C=O) groups is 1. The summed E-state index contributed by atoms with van der Waals surface area (Å²) < 4.78 is 0. The molecule has 0 aliphatic rings. The van der Waals surface area contributed by atoms with E-state index in [1.54, 1.807) is 18.2 Å². The van der Waals surface area contributed by atoms with Gasteiger partial charge in [0.05, 0.1) is 18.2 Å². The fraction of sp³-hybridized carbons (Fsp3) is 0.417. The molecule has 0 fully saturated rings. The lowest BCUT2D eigenvalue weighted by Crippen LogP contribution is -2.41. The number of hydrogen-bond donors (Lipinski definition) is 3. The van der Waals surface area contributed by atoms with Crippen LogP contribution < -0.4 is 5.32 Å². The molecule has 88 valence electrons. The van der Waals surface area contributed by atoms with E-state index in [2.05, 4.69) is 5.32 Å². The van der Waals surface area contributed by atoms with Gasteiger partial charge in [0.2, 0.25) is 0 Å². The molecule has 0 aliphatic carbocycles. The lowest BCUT2D eigenvalue weighted by atomic mass is 10.0.